The van der Waals surface area contributed by atoms with Gasteiger partial charge in [0.25, 0.3) is 5.91 Å². The number of hydrogen-bond donors (Lipinski definition) is 2. The fourth-order valence-electron chi connectivity index (χ4n) is 2.89. The number of carbonyl (C=O) groups is 1. The number of halogens is 3. The molecule has 0 aliphatic rings. The number of ether oxygens (including phenoxy) is 1. The summed E-state index contributed by atoms with van der Waals surface area (Å²) in [4.78, 5) is 17.2. The van der Waals surface area contributed by atoms with E-state index in [0.717, 1.165) is 0 Å². The molecule has 0 bridgehead atoms. The molecular formula is C20H15ClF2N6O2. The van der Waals surface area contributed by atoms with Crippen LogP contribution in [0.2, 0.25) is 0 Å². The zero-order valence-electron chi connectivity index (χ0n) is 16.0. The van der Waals surface area contributed by atoms with Crippen LogP contribution in [0.25, 0.3) is 22.6 Å². The molecule has 1 amide bonds. The fourth-order valence-corrected chi connectivity index (χ4v) is 2.98. The molecule has 3 heterocycles. The van der Waals surface area contributed by atoms with Crippen LogP contribution in [0.1, 0.15) is 10.4 Å². The van der Waals surface area contributed by atoms with Gasteiger partial charge >= 0.3 is 5.57 Å². The van der Waals surface area contributed by atoms with E-state index in [1.165, 1.54) is 30.5 Å². The van der Waals surface area contributed by atoms with Crippen molar-refractivity contribution in [2.24, 2.45) is 7.05 Å². The predicted molar refractivity (Wildman–Crippen MR) is 110 cm³/mol. The van der Waals surface area contributed by atoms with Crippen LogP contribution in [0.3, 0.4) is 0 Å². The molecule has 4 aromatic rings. The van der Waals surface area contributed by atoms with E-state index in [2.05, 4.69) is 30.3 Å². The standard InChI is InChI=1S/C20H15ClF2N6O2/c1-29-9-7-17(28-29)18-15(16-6-8-25-27-16)10-12(11-24-18)19(30)26-13-2-4-14(5-3-13)31-20(21,22)23/h2-11H,1H3,(H,25,27)(H,26,30). The molecule has 0 atom stereocenters. The molecule has 0 unspecified atom stereocenters. The highest BCUT2D eigenvalue weighted by Gasteiger charge is 2.27. The van der Waals surface area contributed by atoms with E-state index in [4.69, 9.17) is 11.6 Å². The Labute approximate surface area is 179 Å². The molecule has 0 fully saturated rings. The van der Waals surface area contributed by atoms with Crippen LogP contribution >= 0.6 is 11.6 Å². The van der Waals surface area contributed by atoms with Gasteiger partial charge in [0.2, 0.25) is 0 Å². The second-order valence-corrected chi connectivity index (χ2v) is 6.93. The molecule has 0 saturated heterocycles. The van der Waals surface area contributed by atoms with Gasteiger partial charge in [-0.25, -0.2) is 0 Å². The van der Waals surface area contributed by atoms with Crippen molar-refractivity contribution < 1.29 is 18.3 Å². The summed E-state index contributed by atoms with van der Waals surface area (Å²) in [5.74, 6) is -0.571. The Morgan fingerprint density at radius 3 is 2.61 bits per heavy atom. The lowest BCUT2D eigenvalue weighted by molar-refractivity contribution is -0.0964. The lowest BCUT2D eigenvalue weighted by Gasteiger charge is -2.12. The number of nitrogens with zero attached hydrogens (tertiary/aromatic N) is 4. The monoisotopic (exact) mass is 444 g/mol. The first-order valence-electron chi connectivity index (χ1n) is 8.95. The number of benzene rings is 1. The highest BCUT2D eigenvalue weighted by molar-refractivity contribution is 6.20. The summed E-state index contributed by atoms with van der Waals surface area (Å²) >= 11 is 4.74. The summed E-state index contributed by atoms with van der Waals surface area (Å²) in [6.45, 7) is 0. The van der Waals surface area contributed by atoms with Gasteiger partial charge in [-0.1, -0.05) is 0 Å². The Morgan fingerprint density at radius 1 is 1.23 bits per heavy atom. The van der Waals surface area contributed by atoms with Crippen LogP contribution in [0.5, 0.6) is 5.75 Å². The number of carbonyl (C=O) groups excluding carboxylic acids is 1. The first-order chi connectivity index (χ1) is 14.8. The molecule has 0 radical (unpaired) electrons. The van der Waals surface area contributed by atoms with Gasteiger partial charge in [0, 0.05) is 48.5 Å². The number of pyridine rings is 1. The Balaban J connectivity index is 1.59. The van der Waals surface area contributed by atoms with Gasteiger partial charge < -0.3 is 10.1 Å². The zero-order chi connectivity index (χ0) is 22.0. The average molecular weight is 445 g/mol. The van der Waals surface area contributed by atoms with Crippen LogP contribution in [0, 0.1) is 0 Å². The Hall–Kier alpha value is -3.79. The maximum atomic E-state index is 12.7. The summed E-state index contributed by atoms with van der Waals surface area (Å²) in [5.41, 5.74) is -0.586. The first-order valence-corrected chi connectivity index (χ1v) is 9.33. The van der Waals surface area contributed by atoms with Crippen LogP contribution in [-0.4, -0.2) is 36.4 Å². The number of alkyl halides is 3. The van der Waals surface area contributed by atoms with Gasteiger partial charge in [0.05, 0.1) is 17.0 Å². The predicted octanol–water partition coefficient (Wildman–Crippen LogP) is 4.29. The van der Waals surface area contributed by atoms with E-state index in [9.17, 15) is 13.6 Å². The van der Waals surface area contributed by atoms with Gasteiger partial charge in [-0.3, -0.25) is 19.6 Å². The summed E-state index contributed by atoms with van der Waals surface area (Å²) in [6, 6.07) is 10.6. The van der Waals surface area contributed by atoms with Crippen molar-refractivity contribution in [3.63, 3.8) is 0 Å². The molecule has 31 heavy (non-hydrogen) atoms. The number of aryl methyl sites for hydroxylation is 1. The molecule has 1 aromatic carbocycles. The zero-order valence-corrected chi connectivity index (χ0v) is 16.8. The summed E-state index contributed by atoms with van der Waals surface area (Å²) in [6.07, 6.45) is 4.82. The Morgan fingerprint density at radius 2 is 2.00 bits per heavy atom. The van der Waals surface area contributed by atoms with Gasteiger partial charge in [-0.2, -0.15) is 10.2 Å². The van der Waals surface area contributed by atoms with Crippen molar-refractivity contribution in [3.8, 4) is 28.4 Å². The van der Waals surface area contributed by atoms with Crippen LogP contribution in [0.15, 0.2) is 61.1 Å². The molecule has 0 aliphatic carbocycles. The van der Waals surface area contributed by atoms with Gasteiger partial charge in [-0.05, 0) is 42.5 Å². The number of anilines is 1. The van der Waals surface area contributed by atoms with E-state index >= 15 is 0 Å². The van der Waals surface area contributed by atoms with E-state index in [1.807, 2.05) is 6.07 Å². The maximum Gasteiger partial charge on any atom is 0.487 e. The molecule has 0 aliphatic heterocycles. The maximum absolute atomic E-state index is 12.7. The molecule has 11 heteroatoms. The van der Waals surface area contributed by atoms with Crippen LogP contribution in [0.4, 0.5) is 14.5 Å². The third kappa shape index (κ3) is 4.86. The minimum Gasteiger partial charge on any atom is -0.420 e. The molecule has 158 valence electrons. The normalized spacial score (nSPS) is 11.4. The molecule has 0 saturated carbocycles. The van der Waals surface area contributed by atoms with Crippen molar-refractivity contribution in [1.29, 1.82) is 0 Å². The minimum absolute atomic E-state index is 0.138. The number of H-pyrrole nitrogens is 1. The summed E-state index contributed by atoms with van der Waals surface area (Å²) < 4.78 is 31.3. The fraction of sp³-hybridized carbons (Fsp3) is 0.100. The Bertz CT molecular complexity index is 1200. The Kier molecular flexibility index (Phi) is 5.38. The van der Waals surface area contributed by atoms with Crippen molar-refractivity contribution >= 4 is 23.2 Å². The van der Waals surface area contributed by atoms with Crippen LogP contribution < -0.4 is 10.1 Å². The first kappa shape index (κ1) is 20.5. The third-order valence-electron chi connectivity index (χ3n) is 4.24. The highest BCUT2D eigenvalue weighted by Crippen LogP contribution is 2.29. The van der Waals surface area contributed by atoms with E-state index in [1.54, 1.807) is 36.3 Å². The van der Waals surface area contributed by atoms with E-state index in [-0.39, 0.29) is 11.3 Å². The number of aromatic nitrogens is 5. The number of hydrogen-bond acceptors (Lipinski definition) is 5. The van der Waals surface area contributed by atoms with Gasteiger partial charge in [-0.15, -0.1) is 8.78 Å². The van der Waals surface area contributed by atoms with Crippen molar-refractivity contribution in [1.82, 2.24) is 25.0 Å². The van der Waals surface area contributed by atoms with Crippen molar-refractivity contribution in [3.05, 3.63) is 66.6 Å². The molecule has 8 nitrogen and oxygen atoms in total. The molecule has 2 N–H and O–H groups in total. The quantitative estimate of drug-likeness (QED) is 0.432. The molecule has 3 aromatic heterocycles. The second-order valence-electron chi connectivity index (χ2n) is 6.49. The van der Waals surface area contributed by atoms with Crippen LogP contribution in [-0.2, 0) is 7.05 Å². The second kappa shape index (κ2) is 8.15. The number of nitrogens with one attached hydrogen (secondary N) is 2. The topological polar surface area (TPSA) is 97.7 Å². The minimum atomic E-state index is -3.81. The third-order valence-corrected chi connectivity index (χ3v) is 4.32. The lowest BCUT2D eigenvalue weighted by atomic mass is 10.1. The number of amides is 1. The highest BCUT2D eigenvalue weighted by atomic mass is 35.5. The smallest absolute Gasteiger partial charge is 0.420 e. The number of rotatable bonds is 6. The van der Waals surface area contributed by atoms with Gasteiger partial charge in [0.1, 0.15) is 11.4 Å². The van der Waals surface area contributed by atoms with E-state index < -0.39 is 11.5 Å². The van der Waals surface area contributed by atoms with Gasteiger partial charge in [0.15, 0.2) is 0 Å². The molecule has 0 spiro atoms. The average Bonchev–Trinajstić information content (AvgIpc) is 3.40. The lowest BCUT2D eigenvalue weighted by Crippen LogP contribution is -2.16. The summed E-state index contributed by atoms with van der Waals surface area (Å²) in [5, 5.41) is 13.9. The molecule has 4 rings (SSSR count). The van der Waals surface area contributed by atoms with E-state index in [0.29, 0.717) is 28.3 Å². The largest absolute Gasteiger partial charge is 0.487 e. The number of aromatic amines is 1. The van der Waals surface area contributed by atoms with Crippen molar-refractivity contribution in [2.75, 3.05) is 5.32 Å². The SMILES string of the molecule is Cn1ccc(-c2ncc(C(=O)Nc3ccc(OC(F)(F)Cl)cc3)cc2-c2ccn[nH]2)n1. The molecular weight excluding hydrogens is 430 g/mol. The van der Waals surface area contributed by atoms with Crippen molar-refractivity contribution in [2.45, 2.75) is 5.57 Å². The summed E-state index contributed by atoms with van der Waals surface area (Å²) in [7, 11) is 1.80.